The summed E-state index contributed by atoms with van der Waals surface area (Å²) < 4.78 is 5.41. The number of rotatable bonds is 6. The molecule has 0 aromatic rings. The normalized spacial score (nSPS) is 30.1. The molecule has 0 aromatic heterocycles. The number of hydrogen-bond donors (Lipinski definition) is 1. The van der Waals surface area contributed by atoms with E-state index in [1.54, 1.807) is 0 Å². The fourth-order valence-corrected chi connectivity index (χ4v) is 3.24. The topological polar surface area (TPSA) is 58.6 Å². The van der Waals surface area contributed by atoms with Gasteiger partial charge in [0, 0.05) is 19.1 Å². The van der Waals surface area contributed by atoms with E-state index >= 15 is 0 Å². The molecule has 0 aliphatic carbocycles. The predicted molar refractivity (Wildman–Crippen MR) is 80.7 cm³/mol. The van der Waals surface area contributed by atoms with Gasteiger partial charge in [0.1, 0.15) is 12.1 Å². The maximum absolute atomic E-state index is 12.7. The van der Waals surface area contributed by atoms with Crippen LogP contribution in [0.15, 0.2) is 0 Å². The highest BCUT2D eigenvalue weighted by molar-refractivity contribution is 5.96. The molecule has 2 amide bonds. The van der Waals surface area contributed by atoms with Crippen molar-refractivity contribution in [3.63, 3.8) is 0 Å². The minimum atomic E-state index is -0.354. The molecule has 2 fully saturated rings. The van der Waals surface area contributed by atoms with E-state index in [2.05, 4.69) is 26.1 Å². The van der Waals surface area contributed by atoms with Crippen molar-refractivity contribution < 1.29 is 14.3 Å². The first-order chi connectivity index (χ1) is 10.0. The Morgan fingerprint density at radius 1 is 1.38 bits per heavy atom. The van der Waals surface area contributed by atoms with Gasteiger partial charge in [0.15, 0.2) is 0 Å². The zero-order valence-electron chi connectivity index (χ0n) is 13.4. The molecule has 0 bridgehead atoms. The van der Waals surface area contributed by atoms with Gasteiger partial charge in [0.25, 0.3) is 0 Å². The highest BCUT2D eigenvalue weighted by Crippen LogP contribution is 2.22. The van der Waals surface area contributed by atoms with Crippen LogP contribution in [0, 0.1) is 11.8 Å². The molecule has 120 valence electrons. The smallest absolute Gasteiger partial charge is 0.245 e. The van der Waals surface area contributed by atoms with Crippen molar-refractivity contribution in [3.05, 3.63) is 0 Å². The molecule has 0 spiro atoms. The van der Waals surface area contributed by atoms with E-state index in [0.29, 0.717) is 31.4 Å². The van der Waals surface area contributed by atoms with E-state index in [-0.39, 0.29) is 23.9 Å². The average molecular weight is 296 g/mol. The molecule has 2 heterocycles. The maximum atomic E-state index is 12.7. The summed E-state index contributed by atoms with van der Waals surface area (Å²) in [6, 6.07) is -0.653. The number of ether oxygens (including phenoxy) is 1. The molecule has 1 N–H and O–H groups in total. The van der Waals surface area contributed by atoms with Gasteiger partial charge < -0.3 is 15.0 Å². The lowest BCUT2D eigenvalue weighted by atomic mass is 9.95. The van der Waals surface area contributed by atoms with E-state index in [1.807, 2.05) is 4.90 Å². The number of nitrogens with zero attached hydrogens (tertiary/aromatic N) is 1. The van der Waals surface area contributed by atoms with Crippen LogP contribution in [0.5, 0.6) is 0 Å². The second-order valence-electron chi connectivity index (χ2n) is 6.72. The van der Waals surface area contributed by atoms with E-state index in [4.69, 9.17) is 4.74 Å². The van der Waals surface area contributed by atoms with Gasteiger partial charge in [-0.15, -0.1) is 0 Å². The molecule has 0 aromatic carbocycles. The number of hydrogen-bond acceptors (Lipinski definition) is 3. The Labute approximate surface area is 127 Å². The summed E-state index contributed by atoms with van der Waals surface area (Å²) >= 11 is 0. The monoisotopic (exact) mass is 296 g/mol. The molecule has 2 aliphatic rings. The van der Waals surface area contributed by atoms with Gasteiger partial charge in [-0.25, -0.2) is 0 Å². The molecule has 2 aliphatic heterocycles. The average Bonchev–Trinajstić information content (AvgIpc) is 2.92. The molecule has 5 nitrogen and oxygen atoms in total. The lowest BCUT2D eigenvalue weighted by Gasteiger charge is -2.40. The van der Waals surface area contributed by atoms with Gasteiger partial charge in [0.05, 0.1) is 6.61 Å². The van der Waals surface area contributed by atoms with E-state index < -0.39 is 0 Å². The Hall–Kier alpha value is -1.10. The third kappa shape index (κ3) is 3.96. The zero-order valence-corrected chi connectivity index (χ0v) is 13.4. The quantitative estimate of drug-likeness (QED) is 0.809. The van der Waals surface area contributed by atoms with Gasteiger partial charge in [0.2, 0.25) is 11.8 Å². The summed E-state index contributed by atoms with van der Waals surface area (Å²) in [5.74, 6) is 0.868. The third-order valence-corrected chi connectivity index (χ3v) is 4.32. The summed E-state index contributed by atoms with van der Waals surface area (Å²) in [5, 5.41) is 2.93. The van der Waals surface area contributed by atoms with Crippen LogP contribution in [0.25, 0.3) is 0 Å². The number of amides is 2. The molecule has 21 heavy (non-hydrogen) atoms. The van der Waals surface area contributed by atoms with Crippen molar-refractivity contribution in [3.8, 4) is 0 Å². The molecule has 5 heteroatoms. The molecular weight excluding hydrogens is 268 g/mol. The van der Waals surface area contributed by atoms with Gasteiger partial charge in [-0.1, -0.05) is 27.2 Å². The SMILES string of the molecule is CCCC1C(=O)NC(CC(C)C)C(=O)N1CC1CCOC1. The van der Waals surface area contributed by atoms with Gasteiger partial charge in [-0.05, 0) is 25.2 Å². The van der Waals surface area contributed by atoms with Crippen molar-refractivity contribution in [2.45, 2.75) is 58.5 Å². The van der Waals surface area contributed by atoms with Crippen LogP contribution in [0.3, 0.4) is 0 Å². The Morgan fingerprint density at radius 3 is 2.71 bits per heavy atom. The standard InChI is InChI=1S/C16H28N2O3/c1-4-5-14-15(19)17-13(8-11(2)3)16(20)18(14)9-12-6-7-21-10-12/h11-14H,4-10H2,1-3H3,(H,17,19). The predicted octanol–water partition coefficient (Wildman–Crippen LogP) is 1.56. The lowest BCUT2D eigenvalue weighted by molar-refractivity contribution is -0.150. The number of carbonyl (C=O) groups is 2. The van der Waals surface area contributed by atoms with Gasteiger partial charge in [-0.3, -0.25) is 9.59 Å². The largest absolute Gasteiger partial charge is 0.381 e. The molecule has 0 saturated carbocycles. The third-order valence-electron chi connectivity index (χ3n) is 4.32. The summed E-state index contributed by atoms with van der Waals surface area (Å²) in [7, 11) is 0. The first-order valence-electron chi connectivity index (χ1n) is 8.21. The Morgan fingerprint density at radius 2 is 2.14 bits per heavy atom. The fraction of sp³-hybridized carbons (Fsp3) is 0.875. The summed E-state index contributed by atoms with van der Waals surface area (Å²) in [6.45, 7) is 8.34. The van der Waals surface area contributed by atoms with E-state index in [1.165, 1.54) is 0 Å². The second kappa shape index (κ2) is 7.25. The lowest BCUT2D eigenvalue weighted by Crippen LogP contribution is -2.64. The van der Waals surface area contributed by atoms with Crippen LogP contribution in [0.4, 0.5) is 0 Å². The highest BCUT2D eigenvalue weighted by Gasteiger charge is 2.41. The van der Waals surface area contributed by atoms with Crippen LogP contribution >= 0.6 is 0 Å². The van der Waals surface area contributed by atoms with Crippen molar-refractivity contribution in [2.75, 3.05) is 19.8 Å². The summed E-state index contributed by atoms with van der Waals surface area (Å²) in [5.41, 5.74) is 0. The number of carbonyl (C=O) groups excluding carboxylic acids is 2. The second-order valence-corrected chi connectivity index (χ2v) is 6.72. The minimum Gasteiger partial charge on any atom is -0.381 e. The van der Waals surface area contributed by atoms with Gasteiger partial charge >= 0.3 is 0 Å². The van der Waals surface area contributed by atoms with E-state index in [0.717, 1.165) is 25.9 Å². The van der Waals surface area contributed by atoms with Crippen molar-refractivity contribution in [2.24, 2.45) is 11.8 Å². The molecule has 3 unspecified atom stereocenters. The first-order valence-corrected chi connectivity index (χ1v) is 8.21. The number of piperazine rings is 1. The van der Waals surface area contributed by atoms with Crippen molar-refractivity contribution in [1.82, 2.24) is 10.2 Å². The minimum absolute atomic E-state index is 0.0148. The maximum Gasteiger partial charge on any atom is 0.245 e. The molecular formula is C16H28N2O3. The Bertz CT molecular complexity index is 378. The van der Waals surface area contributed by atoms with Crippen molar-refractivity contribution >= 4 is 11.8 Å². The fourth-order valence-electron chi connectivity index (χ4n) is 3.24. The Kier molecular flexibility index (Phi) is 5.62. The zero-order chi connectivity index (χ0) is 15.4. The van der Waals surface area contributed by atoms with E-state index in [9.17, 15) is 9.59 Å². The van der Waals surface area contributed by atoms with Crippen LogP contribution < -0.4 is 5.32 Å². The summed E-state index contributed by atoms with van der Waals surface area (Å²) in [6.07, 6.45) is 3.33. The van der Waals surface area contributed by atoms with Crippen LogP contribution in [-0.4, -0.2) is 48.6 Å². The van der Waals surface area contributed by atoms with Crippen LogP contribution in [-0.2, 0) is 14.3 Å². The first kappa shape index (κ1) is 16.3. The Balaban J connectivity index is 2.10. The van der Waals surface area contributed by atoms with Crippen LogP contribution in [0.1, 0.15) is 46.5 Å². The highest BCUT2D eigenvalue weighted by atomic mass is 16.5. The molecule has 2 saturated heterocycles. The molecule has 0 radical (unpaired) electrons. The molecule has 2 rings (SSSR count). The molecule has 3 atom stereocenters. The van der Waals surface area contributed by atoms with Crippen molar-refractivity contribution in [1.29, 1.82) is 0 Å². The number of nitrogens with one attached hydrogen (secondary N) is 1. The summed E-state index contributed by atoms with van der Waals surface area (Å²) in [4.78, 5) is 26.9. The van der Waals surface area contributed by atoms with Crippen LogP contribution in [0.2, 0.25) is 0 Å². The van der Waals surface area contributed by atoms with Gasteiger partial charge in [-0.2, -0.15) is 0 Å².